The number of piperazine rings is 1. The van der Waals surface area contributed by atoms with Crippen molar-refractivity contribution in [1.29, 1.82) is 0 Å². The molecule has 0 aliphatic carbocycles. The standard InChI is InChI=1S/C27H33FN4O4/c1-27(2)24(33)31(26(35)32(25(27)34)19-20-8-5-4-6-9-20)13-7-12-29-14-16-30(17-15-29)22-11-10-21(28)18-23(22)36-3/h4-6,8-11,18H,7,12-17,19H2,1-3H3. The molecule has 2 fully saturated rings. The minimum atomic E-state index is -1.29. The van der Waals surface area contributed by atoms with Crippen molar-refractivity contribution in [2.24, 2.45) is 5.41 Å². The van der Waals surface area contributed by atoms with Crippen molar-refractivity contribution in [3.05, 3.63) is 59.9 Å². The fourth-order valence-corrected chi connectivity index (χ4v) is 4.77. The molecule has 2 aromatic carbocycles. The minimum Gasteiger partial charge on any atom is -0.494 e. The van der Waals surface area contributed by atoms with Crippen molar-refractivity contribution >= 4 is 23.5 Å². The lowest BCUT2D eigenvalue weighted by molar-refractivity contribution is -0.156. The molecule has 0 atom stereocenters. The number of benzene rings is 2. The number of methoxy groups -OCH3 is 1. The van der Waals surface area contributed by atoms with Gasteiger partial charge in [-0.15, -0.1) is 0 Å². The number of anilines is 1. The van der Waals surface area contributed by atoms with Crippen molar-refractivity contribution in [3.63, 3.8) is 0 Å². The molecule has 0 unspecified atom stereocenters. The van der Waals surface area contributed by atoms with Crippen LogP contribution in [0.4, 0.5) is 14.9 Å². The number of nitrogens with zero attached hydrogens (tertiary/aromatic N) is 4. The van der Waals surface area contributed by atoms with Gasteiger partial charge in [0.05, 0.1) is 19.3 Å². The van der Waals surface area contributed by atoms with E-state index in [0.29, 0.717) is 12.2 Å². The lowest BCUT2D eigenvalue weighted by Gasteiger charge is -2.41. The minimum absolute atomic E-state index is 0.139. The van der Waals surface area contributed by atoms with Crippen LogP contribution in [0.5, 0.6) is 5.75 Å². The molecule has 0 spiro atoms. The first-order valence-electron chi connectivity index (χ1n) is 12.2. The molecule has 0 radical (unpaired) electrons. The smallest absolute Gasteiger partial charge is 0.333 e. The average molecular weight is 497 g/mol. The van der Waals surface area contributed by atoms with Crippen LogP contribution in [0, 0.1) is 11.2 Å². The number of rotatable bonds is 8. The van der Waals surface area contributed by atoms with E-state index in [4.69, 9.17) is 4.74 Å². The maximum Gasteiger partial charge on any atom is 0.333 e. The summed E-state index contributed by atoms with van der Waals surface area (Å²) >= 11 is 0. The highest BCUT2D eigenvalue weighted by atomic mass is 19.1. The number of barbiturate groups is 1. The molecule has 2 heterocycles. The summed E-state index contributed by atoms with van der Waals surface area (Å²) in [6.45, 7) is 7.39. The van der Waals surface area contributed by atoms with Gasteiger partial charge in [0.15, 0.2) is 0 Å². The maximum atomic E-state index is 13.5. The van der Waals surface area contributed by atoms with E-state index in [0.717, 1.165) is 44.0 Å². The van der Waals surface area contributed by atoms with Gasteiger partial charge in [0.25, 0.3) is 0 Å². The Hall–Kier alpha value is -3.46. The van der Waals surface area contributed by atoms with Gasteiger partial charge in [0.2, 0.25) is 11.8 Å². The predicted octanol–water partition coefficient (Wildman–Crippen LogP) is 3.36. The summed E-state index contributed by atoms with van der Waals surface area (Å²) in [5.41, 5.74) is 0.413. The van der Waals surface area contributed by atoms with E-state index < -0.39 is 23.3 Å². The number of carbonyl (C=O) groups excluding carboxylic acids is 3. The number of ether oxygens (including phenoxy) is 1. The van der Waals surface area contributed by atoms with Gasteiger partial charge in [0.1, 0.15) is 17.0 Å². The Morgan fingerprint density at radius 3 is 2.22 bits per heavy atom. The molecule has 2 aliphatic heterocycles. The molecule has 0 bridgehead atoms. The molecule has 2 saturated heterocycles. The van der Waals surface area contributed by atoms with Crippen molar-refractivity contribution in [2.45, 2.75) is 26.8 Å². The Morgan fingerprint density at radius 1 is 0.889 bits per heavy atom. The maximum absolute atomic E-state index is 13.5. The summed E-state index contributed by atoms with van der Waals surface area (Å²) in [5, 5.41) is 0. The third-order valence-electron chi connectivity index (χ3n) is 6.92. The van der Waals surface area contributed by atoms with Crippen molar-refractivity contribution in [2.75, 3.05) is 51.3 Å². The van der Waals surface area contributed by atoms with Gasteiger partial charge in [-0.3, -0.25) is 24.3 Å². The Balaban J connectivity index is 1.33. The molecule has 4 rings (SSSR count). The quantitative estimate of drug-likeness (QED) is 0.522. The number of hydrogen-bond acceptors (Lipinski definition) is 6. The van der Waals surface area contributed by atoms with Crippen LogP contribution in [-0.4, -0.2) is 78.9 Å². The Bertz CT molecular complexity index is 1120. The van der Waals surface area contributed by atoms with E-state index in [1.54, 1.807) is 19.9 Å². The fraction of sp³-hybridized carbons (Fsp3) is 0.444. The summed E-state index contributed by atoms with van der Waals surface area (Å²) in [5.74, 6) is -0.731. The molecule has 8 nitrogen and oxygen atoms in total. The van der Waals surface area contributed by atoms with E-state index in [1.165, 1.54) is 29.0 Å². The highest BCUT2D eigenvalue weighted by molar-refractivity contribution is 6.18. The zero-order valence-corrected chi connectivity index (χ0v) is 21.1. The van der Waals surface area contributed by atoms with Gasteiger partial charge < -0.3 is 9.64 Å². The Kier molecular flexibility index (Phi) is 7.59. The van der Waals surface area contributed by atoms with E-state index in [2.05, 4.69) is 9.80 Å². The SMILES string of the molecule is COc1cc(F)ccc1N1CCN(CCCN2C(=O)N(Cc3ccccc3)C(=O)C(C)(C)C2=O)CC1. The molecule has 9 heteroatoms. The molecular weight excluding hydrogens is 463 g/mol. The number of hydrogen-bond donors (Lipinski definition) is 0. The van der Waals surface area contributed by atoms with Crippen LogP contribution in [0.3, 0.4) is 0 Å². The van der Waals surface area contributed by atoms with Crippen molar-refractivity contribution in [3.8, 4) is 5.75 Å². The molecule has 2 aromatic rings. The van der Waals surface area contributed by atoms with E-state index in [9.17, 15) is 18.8 Å². The van der Waals surface area contributed by atoms with Crippen molar-refractivity contribution in [1.82, 2.24) is 14.7 Å². The van der Waals surface area contributed by atoms with Gasteiger partial charge in [-0.05, 0) is 44.5 Å². The third kappa shape index (κ3) is 5.21. The lowest BCUT2D eigenvalue weighted by Crippen LogP contribution is -2.63. The summed E-state index contributed by atoms with van der Waals surface area (Å²) in [6, 6.07) is 13.3. The topological polar surface area (TPSA) is 73.4 Å². The number of imide groups is 2. The van der Waals surface area contributed by atoms with Crippen LogP contribution in [0.2, 0.25) is 0 Å². The summed E-state index contributed by atoms with van der Waals surface area (Å²) < 4.78 is 18.9. The van der Waals surface area contributed by atoms with Crippen LogP contribution < -0.4 is 9.64 Å². The lowest BCUT2D eigenvalue weighted by atomic mass is 9.87. The monoisotopic (exact) mass is 496 g/mol. The second-order valence-electron chi connectivity index (χ2n) is 9.74. The van der Waals surface area contributed by atoms with E-state index in [-0.39, 0.29) is 18.9 Å². The van der Waals surface area contributed by atoms with Gasteiger partial charge in [-0.2, -0.15) is 0 Å². The summed E-state index contributed by atoms with van der Waals surface area (Å²) in [6.07, 6.45) is 0.612. The van der Waals surface area contributed by atoms with E-state index in [1.807, 2.05) is 30.3 Å². The first kappa shape index (κ1) is 25.6. The molecular formula is C27H33FN4O4. The van der Waals surface area contributed by atoms with Crippen LogP contribution in [0.15, 0.2) is 48.5 Å². The van der Waals surface area contributed by atoms with Gasteiger partial charge in [-0.25, -0.2) is 9.18 Å². The second kappa shape index (κ2) is 10.7. The number of amides is 4. The van der Waals surface area contributed by atoms with Crippen LogP contribution in [0.25, 0.3) is 0 Å². The fourth-order valence-electron chi connectivity index (χ4n) is 4.77. The van der Waals surface area contributed by atoms with Crippen LogP contribution >= 0.6 is 0 Å². The zero-order chi connectivity index (χ0) is 25.9. The highest BCUT2D eigenvalue weighted by Crippen LogP contribution is 2.31. The molecule has 36 heavy (non-hydrogen) atoms. The molecule has 192 valence electrons. The zero-order valence-electron chi connectivity index (χ0n) is 21.1. The number of halogens is 1. The number of carbonyl (C=O) groups is 3. The summed E-state index contributed by atoms with van der Waals surface area (Å²) in [4.78, 5) is 46.0. The van der Waals surface area contributed by atoms with Crippen LogP contribution in [0.1, 0.15) is 25.8 Å². The normalized spacial score (nSPS) is 18.7. The van der Waals surface area contributed by atoms with Crippen molar-refractivity contribution < 1.29 is 23.5 Å². The largest absolute Gasteiger partial charge is 0.494 e. The molecule has 0 aromatic heterocycles. The molecule has 0 saturated carbocycles. The van der Waals surface area contributed by atoms with Gasteiger partial charge in [0, 0.05) is 38.8 Å². The molecule has 0 N–H and O–H groups in total. The first-order chi connectivity index (χ1) is 17.2. The summed E-state index contributed by atoms with van der Waals surface area (Å²) in [7, 11) is 1.54. The van der Waals surface area contributed by atoms with Gasteiger partial charge >= 0.3 is 6.03 Å². The van der Waals surface area contributed by atoms with E-state index >= 15 is 0 Å². The van der Waals surface area contributed by atoms with Gasteiger partial charge in [-0.1, -0.05) is 30.3 Å². The average Bonchev–Trinajstić information content (AvgIpc) is 2.89. The first-order valence-corrected chi connectivity index (χ1v) is 12.2. The molecule has 4 amide bonds. The Labute approximate surface area is 211 Å². The third-order valence-corrected chi connectivity index (χ3v) is 6.92. The number of urea groups is 1. The van der Waals surface area contributed by atoms with Crippen LogP contribution in [-0.2, 0) is 16.1 Å². The second-order valence-corrected chi connectivity index (χ2v) is 9.74. The molecule has 2 aliphatic rings. The predicted molar refractivity (Wildman–Crippen MR) is 134 cm³/mol. The highest BCUT2D eigenvalue weighted by Gasteiger charge is 2.51. The Morgan fingerprint density at radius 2 is 1.56 bits per heavy atom.